The first-order valence-electron chi connectivity index (χ1n) is 7.55. The van der Waals surface area contributed by atoms with Gasteiger partial charge in [-0.15, -0.1) is 0 Å². The zero-order chi connectivity index (χ0) is 14.2. The zero-order valence-corrected chi connectivity index (χ0v) is 12.5. The minimum atomic E-state index is -0.717. The van der Waals surface area contributed by atoms with Crippen molar-refractivity contribution in [3.63, 3.8) is 0 Å². The van der Waals surface area contributed by atoms with E-state index in [2.05, 4.69) is 5.32 Å². The number of nitrogens with zero attached hydrogens (tertiary/aromatic N) is 1. The molecule has 1 N–H and O–H groups in total. The molecule has 0 aromatic rings. The number of carbonyl (C=O) groups is 2. The summed E-state index contributed by atoms with van der Waals surface area (Å²) < 4.78 is 0. The molecule has 2 aliphatic rings. The zero-order valence-electron chi connectivity index (χ0n) is 12.5. The fraction of sp³-hybridized carbons (Fsp3) is 0.867. The van der Waals surface area contributed by atoms with Gasteiger partial charge in [-0.3, -0.25) is 9.59 Å². The Hall–Kier alpha value is -1.06. The number of nitrogens with one attached hydrogen (secondary N) is 1. The van der Waals surface area contributed by atoms with Crippen LogP contribution >= 0.6 is 0 Å². The third-order valence-corrected chi connectivity index (χ3v) is 4.73. The monoisotopic (exact) mass is 266 g/mol. The highest BCUT2D eigenvalue weighted by Crippen LogP contribution is 2.33. The van der Waals surface area contributed by atoms with Crippen molar-refractivity contribution in [1.82, 2.24) is 10.2 Å². The van der Waals surface area contributed by atoms with E-state index in [1.54, 1.807) is 0 Å². The standard InChI is InChI=1S/C15H26N2O2/c1-5-15(4)14(19)17(11-8-6-7-9-11)12(10(2)3)13(18)16-15/h10-12H,5-9H2,1-4H3,(H,16,18). The van der Waals surface area contributed by atoms with Gasteiger partial charge < -0.3 is 10.2 Å². The number of hydrogen-bond acceptors (Lipinski definition) is 2. The van der Waals surface area contributed by atoms with Crippen LogP contribution in [-0.4, -0.2) is 34.3 Å². The van der Waals surface area contributed by atoms with Gasteiger partial charge in [-0.05, 0) is 32.1 Å². The molecule has 2 unspecified atom stereocenters. The third kappa shape index (κ3) is 2.37. The molecule has 4 heteroatoms. The van der Waals surface area contributed by atoms with Gasteiger partial charge in [0.05, 0.1) is 0 Å². The van der Waals surface area contributed by atoms with Crippen molar-refractivity contribution < 1.29 is 9.59 Å². The van der Waals surface area contributed by atoms with Crippen molar-refractivity contribution in [3.05, 3.63) is 0 Å². The van der Waals surface area contributed by atoms with E-state index in [1.807, 2.05) is 32.6 Å². The van der Waals surface area contributed by atoms with E-state index in [9.17, 15) is 9.59 Å². The van der Waals surface area contributed by atoms with Gasteiger partial charge in [0.15, 0.2) is 0 Å². The molecule has 0 radical (unpaired) electrons. The lowest BCUT2D eigenvalue weighted by atomic mass is 9.87. The summed E-state index contributed by atoms with van der Waals surface area (Å²) in [5.74, 6) is 0.289. The summed E-state index contributed by atoms with van der Waals surface area (Å²) in [4.78, 5) is 27.2. The van der Waals surface area contributed by atoms with Gasteiger partial charge in [0.1, 0.15) is 11.6 Å². The molecule has 1 saturated heterocycles. The van der Waals surface area contributed by atoms with Gasteiger partial charge in [-0.25, -0.2) is 0 Å². The quantitative estimate of drug-likeness (QED) is 0.850. The van der Waals surface area contributed by atoms with Crippen LogP contribution in [0.15, 0.2) is 0 Å². The van der Waals surface area contributed by atoms with Crippen molar-refractivity contribution >= 4 is 11.8 Å². The molecule has 0 bridgehead atoms. The molecule has 1 aliphatic heterocycles. The number of amides is 2. The lowest BCUT2D eigenvalue weighted by Gasteiger charge is -2.48. The molecule has 2 amide bonds. The topological polar surface area (TPSA) is 49.4 Å². The SMILES string of the molecule is CCC1(C)NC(=O)C(C(C)C)N(C2CCCC2)C1=O. The van der Waals surface area contributed by atoms with Crippen LogP contribution in [0.5, 0.6) is 0 Å². The highest BCUT2D eigenvalue weighted by atomic mass is 16.2. The van der Waals surface area contributed by atoms with E-state index in [4.69, 9.17) is 0 Å². The van der Waals surface area contributed by atoms with Crippen LogP contribution in [0.3, 0.4) is 0 Å². The van der Waals surface area contributed by atoms with Gasteiger partial charge in [-0.2, -0.15) is 0 Å². The summed E-state index contributed by atoms with van der Waals surface area (Å²) in [5.41, 5.74) is -0.717. The van der Waals surface area contributed by atoms with Crippen LogP contribution in [-0.2, 0) is 9.59 Å². The van der Waals surface area contributed by atoms with E-state index < -0.39 is 5.54 Å². The lowest BCUT2D eigenvalue weighted by Crippen LogP contribution is -2.71. The molecule has 0 aromatic carbocycles. The normalized spacial score (nSPS) is 33.1. The van der Waals surface area contributed by atoms with Crippen molar-refractivity contribution in [2.24, 2.45) is 5.92 Å². The summed E-state index contributed by atoms with van der Waals surface area (Å²) in [7, 11) is 0. The van der Waals surface area contributed by atoms with Crippen LogP contribution in [0.4, 0.5) is 0 Å². The highest BCUT2D eigenvalue weighted by Gasteiger charge is 2.50. The second kappa shape index (κ2) is 5.14. The van der Waals surface area contributed by atoms with Crippen molar-refractivity contribution in [2.45, 2.75) is 77.4 Å². The second-order valence-corrected chi connectivity index (χ2v) is 6.51. The van der Waals surface area contributed by atoms with Crippen molar-refractivity contribution in [3.8, 4) is 0 Å². The molecule has 2 fully saturated rings. The molecule has 1 aliphatic carbocycles. The molecular formula is C15H26N2O2. The van der Waals surface area contributed by atoms with Crippen LogP contribution in [0, 0.1) is 5.92 Å². The Morgan fingerprint density at radius 3 is 2.37 bits per heavy atom. The predicted octanol–water partition coefficient (Wildman–Crippen LogP) is 2.08. The average molecular weight is 266 g/mol. The van der Waals surface area contributed by atoms with Gasteiger partial charge in [0.25, 0.3) is 0 Å². The maximum Gasteiger partial charge on any atom is 0.248 e. The summed E-state index contributed by atoms with van der Waals surface area (Å²) in [6.07, 6.45) is 5.07. The predicted molar refractivity (Wildman–Crippen MR) is 74.6 cm³/mol. The molecule has 1 heterocycles. The Labute approximate surface area is 115 Å². The van der Waals surface area contributed by atoms with Crippen LogP contribution in [0.2, 0.25) is 0 Å². The minimum Gasteiger partial charge on any atom is -0.340 e. The minimum absolute atomic E-state index is 0.0193. The fourth-order valence-corrected chi connectivity index (χ4v) is 3.38. The third-order valence-electron chi connectivity index (χ3n) is 4.73. The maximum atomic E-state index is 12.8. The van der Waals surface area contributed by atoms with E-state index in [1.165, 1.54) is 12.8 Å². The second-order valence-electron chi connectivity index (χ2n) is 6.51. The Balaban J connectivity index is 2.34. The van der Waals surface area contributed by atoms with Crippen molar-refractivity contribution in [1.29, 1.82) is 0 Å². The Morgan fingerprint density at radius 1 is 1.32 bits per heavy atom. The number of rotatable bonds is 3. The van der Waals surface area contributed by atoms with Gasteiger partial charge in [-0.1, -0.05) is 33.6 Å². The molecule has 0 spiro atoms. The molecule has 1 saturated carbocycles. The van der Waals surface area contributed by atoms with Crippen LogP contribution in [0.25, 0.3) is 0 Å². The Bertz CT molecular complexity index is 374. The summed E-state index contributed by atoms with van der Waals surface area (Å²) >= 11 is 0. The molecular weight excluding hydrogens is 240 g/mol. The average Bonchev–Trinajstić information content (AvgIpc) is 2.86. The van der Waals surface area contributed by atoms with E-state index in [0.717, 1.165) is 12.8 Å². The molecule has 2 atom stereocenters. The summed E-state index contributed by atoms with van der Waals surface area (Å²) in [6, 6.07) is -0.0351. The van der Waals surface area contributed by atoms with Crippen LogP contribution in [0.1, 0.15) is 59.8 Å². The fourth-order valence-electron chi connectivity index (χ4n) is 3.38. The van der Waals surface area contributed by atoms with E-state index in [0.29, 0.717) is 6.42 Å². The molecule has 2 rings (SSSR count). The van der Waals surface area contributed by atoms with E-state index >= 15 is 0 Å². The van der Waals surface area contributed by atoms with Crippen molar-refractivity contribution in [2.75, 3.05) is 0 Å². The van der Waals surface area contributed by atoms with E-state index in [-0.39, 0.29) is 29.8 Å². The van der Waals surface area contributed by atoms with Gasteiger partial charge >= 0.3 is 0 Å². The first-order chi connectivity index (χ1) is 8.90. The first kappa shape index (κ1) is 14.4. The Kier molecular flexibility index (Phi) is 3.88. The lowest BCUT2D eigenvalue weighted by molar-refractivity contribution is -0.159. The number of piperazine rings is 1. The highest BCUT2D eigenvalue weighted by molar-refractivity contribution is 5.99. The number of hydrogen-bond donors (Lipinski definition) is 1. The molecule has 4 nitrogen and oxygen atoms in total. The number of carbonyl (C=O) groups excluding carboxylic acids is 2. The molecule has 19 heavy (non-hydrogen) atoms. The smallest absolute Gasteiger partial charge is 0.248 e. The maximum absolute atomic E-state index is 12.8. The van der Waals surface area contributed by atoms with Gasteiger partial charge in [0.2, 0.25) is 11.8 Å². The Morgan fingerprint density at radius 2 is 1.89 bits per heavy atom. The molecule has 108 valence electrons. The first-order valence-corrected chi connectivity index (χ1v) is 7.55. The van der Waals surface area contributed by atoms with Gasteiger partial charge in [0, 0.05) is 6.04 Å². The largest absolute Gasteiger partial charge is 0.340 e. The van der Waals surface area contributed by atoms with Crippen LogP contribution < -0.4 is 5.32 Å². The summed E-state index contributed by atoms with van der Waals surface area (Å²) in [5, 5.41) is 2.95. The molecule has 0 aromatic heterocycles. The summed E-state index contributed by atoms with van der Waals surface area (Å²) in [6.45, 7) is 7.86.